The van der Waals surface area contributed by atoms with Gasteiger partial charge in [-0.2, -0.15) is 5.10 Å². The van der Waals surface area contributed by atoms with Crippen LogP contribution < -0.4 is 4.74 Å². The first-order valence-electron chi connectivity index (χ1n) is 6.34. The molecule has 0 saturated heterocycles. The molecule has 0 saturated carbocycles. The SMILES string of the molecule is CCCC(Oc1c(C)nn(C)c1C)C(=O)OCC. The quantitative estimate of drug-likeness (QED) is 0.730. The molecule has 0 radical (unpaired) electrons. The first-order valence-corrected chi connectivity index (χ1v) is 6.34. The molecule has 0 bridgehead atoms. The van der Waals surface area contributed by atoms with Gasteiger partial charge in [-0.15, -0.1) is 0 Å². The average Bonchev–Trinajstić information content (AvgIpc) is 2.55. The first-order chi connectivity index (χ1) is 8.51. The average molecular weight is 254 g/mol. The molecule has 0 N–H and O–H groups in total. The number of rotatable bonds is 6. The van der Waals surface area contributed by atoms with E-state index >= 15 is 0 Å². The molecule has 0 fully saturated rings. The molecule has 1 aromatic rings. The number of ether oxygens (including phenoxy) is 2. The highest BCUT2D eigenvalue weighted by atomic mass is 16.6. The van der Waals surface area contributed by atoms with Crippen LogP contribution in [0.3, 0.4) is 0 Å². The summed E-state index contributed by atoms with van der Waals surface area (Å²) in [6.07, 6.45) is 0.964. The van der Waals surface area contributed by atoms with Crippen LogP contribution in [0.4, 0.5) is 0 Å². The zero-order chi connectivity index (χ0) is 13.7. The smallest absolute Gasteiger partial charge is 0.347 e. The van der Waals surface area contributed by atoms with Gasteiger partial charge in [-0.3, -0.25) is 4.68 Å². The van der Waals surface area contributed by atoms with E-state index in [9.17, 15) is 4.79 Å². The van der Waals surface area contributed by atoms with Crippen LogP contribution in [0, 0.1) is 13.8 Å². The summed E-state index contributed by atoms with van der Waals surface area (Å²) >= 11 is 0. The molecule has 1 unspecified atom stereocenters. The summed E-state index contributed by atoms with van der Waals surface area (Å²) in [5.41, 5.74) is 1.71. The molecule has 1 heterocycles. The second kappa shape index (κ2) is 6.42. The number of aryl methyl sites for hydroxylation is 2. The molecule has 1 rings (SSSR count). The number of carbonyl (C=O) groups excluding carboxylic acids is 1. The third kappa shape index (κ3) is 3.24. The van der Waals surface area contributed by atoms with Gasteiger partial charge < -0.3 is 9.47 Å². The van der Waals surface area contributed by atoms with Crippen LogP contribution in [-0.2, 0) is 16.6 Å². The minimum atomic E-state index is -0.545. The molecule has 18 heavy (non-hydrogen) atoms. The number of nitrogens with zero attached hydrogens (tertiary/aromatic N) is 2. The van der Waals surface area contributed by atoms with Crippen molar-refractivity contribution in [2.75, 3.05) is 6.61 Å². The van der Waals surface area contributed by atoms with Crippen LogP contribution in [0.25, 0.3) is 0 Å². The lowest BCUT2D eigenvalue weighted by atomic mass is 10.2. The van der Waals surface area contributed by atoms with Gasteiger partial charge in [-0.1, -0.05) is 13.3 Å². The highest BCUT2D eigenvalue weighted by molar-refractivity contribution is 5.75. The maximum Gasteiger partial charge on any atom is 0.347 e. The summed E-state index contributed by atoms with van der Waals surface area (Å²) in [5, 5.41) is 4.27. The van der Waals surface area contributed by atoms with Crippen LogP contribution in [-0.4, -0.2) is 28.5 Å². The van der Waals surface area contributed by atoms with Crippen molar-refractivity contribution in [3.05, 3.63) is 11.4 Å². The van der Waals surface area contributed by atoms with E-state index in [2.05, 4.69) is 5.10 Å². The molecule has 102 valence electrons. The van der Waals surface area contributed by atoms with E-state index in [0.717, 1.165) is 17.8 Å². The molecule has 0 aliphatic carbocycles. The molecule has 5 nitrogen and oxygen atoms in total. The molecule has 0 aliphatic rings. The summed E-state index contributed by atoms with van der Waals surface area (Å²) in [4.78, 5) is 11.8. The second-order valence-electron chi connectivity index (χ2n) is 4.27. The van der Waals surface area contributed by atoms with Crippen LogP contribution in [0.15, 0.2) is 0 Å². The Bertz CT molecular complexity index is 413. The predicted molar refractivity (Wildman–Crippen MR) is 68.6 cm³/mol. The number of aromatic nitrogens is 2. The van der Waals surface area contributed by atoms with Gasteiger partial charge in [0.1, 0.15) is 5.69 Å². The Balaban J connectivity index is 2.86. The Morgan fingerprint density at radius 2 is 2.06 bits per heavy atom. The van der Waals surface area contributed by atoms with Gasteiger partial charge in [0.2, 0.25) is 0 Å². The van der Waals surface area contributed by atoms with E-state index in [1.165, 1.54) is 0 Å². The lowest BCUT2D eigenvalue weighted by molar-refractivity contribution is -0.151. The van der Waals surface area contributed by atoms with Crippen molar-refractivity contribution in [1.29, 1.82) is 0 Å². The summed E-state index contributed by atoms with van der Waals surface area (Å²) < 4.78 is 12.6. The first kappa shape index (κ1) is 14.5. The minimum Gasteiger partial charge on any atom is -0.475 e. The van der Waals surface area contributed by atoms with E-state index in [0.29, 0.717) is 18.8 Å². The van der Waals surface area contributed by atoms with Crippen molar-refractivity contribution < 1.29 is 14.3 Å². The molecule has 1 aromatic heterocycles. The van der Waals surface area contributed by atoms with Crippen molar-refractivity contribution in [2.24, 2.45) is 7.05 Å². The van der Waals surface area contributed by atoms with Crippen LogP contribution in [0.2, 0.25) is 0 Å². The lowest BCUT2D eigenvalue weighted by Crippen LogP contribution is -2.29. The molecule has 1 atom stereocenters. The summed E-state index contributed by atoms with van der Waals surface area (Å²) in [6.45, 7) is 7.97. The van der Waals surface area contributed by atoms with Crippen LogP contribution in [0.1, 0.15) is 38.1 Å². The Labute approximate surface area is 108 Å². The Morgan fingerprint density at radius 1 is 1.39 bits per heavy atom. The monoisotopic (exact) mass is 254 g/mol. The van der Waals surface area contributed by atoms with Crippen molar-refractivity contribution in [3.63, 3.8) is 0 Å². The molecule has 5 heteroatoms. The fraction of sp³-hybridized carbons (Fsp3) is 0.692. The summed E-state index contributed by atoms with van der Waals surface area (Å²) in [5.74, 6) is 0.381. The maximum absolute atomic E-state index is 11.8. The lowest BCUT2D eigenvalue weighted by Gasteiger charge is -2.17. The number of esters is 1. The Kier molecular flexibility index (Phi) is 5.19. The van der Waals surface area contributed by atoms with Gasteiger partial charge in [-0.25, -0.2) is 4.79 Å². The van der Waals surface area contributed by atoms with Gasteiger partial charge >= 0.3 is 5.97 Å². The molecular weight excluding hydrogens is 232 g/mol. The van der Waals surface area contributed by atoms with Gasteiger partial charge in [0, 0.05) is 7.05 Å². The van der Waals surface area contributed by atoms with Gasteiger partial charge in [0.05, 0.1) is 12.3 Å². The minimum absolute atomic E-state index is 0.304. The number of hydrogen-bond acceptors (Lipinski definition) is 4. The van der Waals surface area contributed by atoms with Gasteiger partial charge in [0.25, 0.3) is 0 Å². The van der Waals surface area contributed by atoms with E-state index in [-0.39, 0.29) is 5.97 Å². The largest absolute Gasteiger partial charge is 0.475 e. The standard InChI is InChI=1S/C13H22N2O3/c1-6-8-11(13(16)17-7-2)18-12-9(3)14-15(5)10(12)4/h11H,6-8H2,1-5H3. The zero-order valence-corrected chi connectivity index (χ0v) is 11.8. The Morgan fingerprint density at radius 3 is 2.50 bits per heavy atom. The molecule has 0 amide bonds. The third-order valence-corrected chi connectivity index (χ3v) is 2.80. The number of carbonyl (C=O) groups is 1. The number of hydrogen-bond donors (Lipinski definition) is 0. The van der Waals surface area contributed by atoms with Crippen LogP contribution >= 0.6 is 0 Å². The van der Waals surface area contributed by atoms with Crippen molar-refractivity contribution in [2.45, 2.75) is 46.6 Å². The molecular formula is C13H22N2O3. The summed E-state index contributed by atoms with van der Waals surface area (Å²) in [7, 11) is 1.86. The molecule has 0 aromatic carbocycles. The normalized spacial score (nSPS) is 12.3. The molecule has 0 aliphatic heterocycles. The topological polar surface area (TPSA) is 53.4 Å². The maximum atomic E-state index is 11.8. The Hall–Kier alpha value is -1.52. The predicted octanol–water partition coefficient (Wildman–Crippen LogP) is 2.15. The zero-order valence-electron chi connectivity index (χ0n) is 11.8. The highest BCUT2D eigenvalue weighted by Gasteiger charge is 2.23. The summed E-state index contributed by atoms with van der Waals surface area (Å²) in [6, 6.07) is 0. The van der Waals surface area contributed by atoms with Gasteiger partial charge in [-0.05, 0) is 27.2 Å². The molecule has 0 spiro atoms. The highest BCUT2D eigenvalue weighted by Crippen LogP contribution is 2.24. The van der Waals surface area contributed by atoms with Crippen molar-refractivity contribution in [3.8, 4) is 5.75 Å². The van der Waals surface area contributed by atoms with E-state index in [4.69, 9.17) is 9.47 Å². The van der Waals surface area contributed by atoms with Crippen LogP contribution in [0.5, 0.6) is 5.75 Å². The van der Waals surface area contributed by atoms with E-state index in [1.807, 2.05) is 27.8 Å². The van der Waals surface area contributed by atoms with Crippen molar-refractivity contribution >= 4 is 5.97 Å². The third-order valence-electron chi connectivity index (χ3n) is 2.80. The fourth-order valence-corrected chi connectivity index (χ4v) is 1.79. The van der Waals surface area contributed by atoms with E-state index < -0.39 is 6.10 Å². The second-order valence-corrected chi connectivity index (χ2v) is 4.27. The van der Waals surface area contributed by atoms with Gasteiger partial charge in [0.15, 0.2) is 11.9 Å². The fourth-order valence-electron chi connectivity index (χ4n) is 1.79. The van der Waals surface area contributed by atoms with E-state index in [1.54, 1.807) is 11.6 Å². The van der Waals surface area contributed by atoms with Crippen molar-refractivity contribution in [1.82, 2.24) is 9.78 Å².